The second-order valence-electron chi connectivity index (χ2n) is 6.36. The third-order valence-corrected chi connectivity index (χ3v) is 6.86. The fourth-order valence-corrected chi connectivity index (χ4v) is 4.53. The standard InChI is InChI=1S/C17H14ClF5N4O3S/c1-8(17(21,22)23)27(3)31(29,30)12-7-26(2)15(13(12)18)16(28)25-11-5-4-10(19)9(6-24)14(11)20/h4-5,7-8H,1-3H3,(H,25,28)/t8-/m1/s1. The Hall–Kier alpha value is -2.69. The summed E-state index contributed by atoms with van der Waals surface area (Å²) in [4.78, 5) is 11.8. The predicted octanol–water partition coefficient (Wildman–Crippen LogP) is 3.65. The van der Waals surface area contributed by atoms with Crippen molar-refractivity contribution in [3.63, 3.8) is 0 Å². The van der Waals surface area contributed by atoms with Crippen molar-refractivity contribution in [2.24, 2.45) is 7.05 Å². The first-order valence-electron chi connectivity index (χ1n) is 8.23. The van der Waals surface area contributed by atoms with Crippen LogP contribution in [0.2, 0.25) is 5.02 Å². The number of alkyl halides is 3. The van der Waals surface area contributed by atoms with E-state index in [2.05, 4.69) is 0 Å². The molecule has 1 amide bonds. The Bertz CT molecular complexity index is 1190. The van der Waals surface area contributed by atoms with Gasteiger partial charge in [-0.2, -0.15) is 22.7 Å². The van der Waals surface area contributed by atoms with Crippen LogP contribution in [0.5, 0.6) is 0 Å². The zero-order valence-electron chi connectivity index (χ0n) is 16.1. The molecule has 1 aromatic heterocycles. The lowest BCUT2D eigenvalue weighted by molar-refractivity contribution is -0.164. The van der Waals surface area contributed by atoms with E-state index in [0.29, 0.717) is 14.0 Å². The van der Waals surface area contributed by atoms with Gasteiger partial charge in [0.05, 0.1) is 10.7 Å². The van der Waals surface area contributed by atoms with Gasteiger partial charge in [0.2, 0.25) is 10.0 Å². The van der Waals surface area contributed by atoms with Gasteiger partial charge in [0.25, 0.3) is 5.91 Å². The molecule has 0 saturated heterocycles. The number of nitrogens with zero attached hydrogens (tertiary/aromatic N) is 3. The lowest BCUT2D eigenvalue weighted by Crippen LogP contribution is -2.44. The van der Waals surface area contributed by atoms with Crippen LogP contribution in [0, 0.1) is 23.0 Å². The Kier molecular flexibility index (Phi) is 6.70. The molecule has 0 spiro atoms. The van der Waals surface area contributed by atoms with E-state index in [0.717, 1.165) is 22.9 Å². The number of aryl methyl sites for hydroxylation is 1. The van der Waals surface area contributed by atoms with Crippen LogP contribution in [0.25, 0.3) is 0 Å². The van der Waals surface area contributed by atoms with E-state index in [1.165, 1.54) is 13.1 Å². The average molecular weight is 485 g/mol. The molecule has 0 saturated carbocycles. The number of nitrogens with one attached hydrogen (secondary N) is 1. The molecule has 0 aliphatic rings. The predicted molar refractivity (Wildman–Crippen MR) is 99.9 cm³/mol. The maximum atomic E-state index is 14.2. The Labute approximate surface area is 178 Å². The summed E-state index contributed by atoms with van der Waals surface area (Å²) in [6.45, 7) is 0.631. The Morgan fingerprint density at radius 1 is 1.32 bits per heavy atom. The molecular formula is C17H14ClF5N4O3S. The van der Waals surface area contributed by atoms with Gasteiger partial charge in [-0.05, 0) is 19.1 Å². The second kappa shape index (κ2) is 8.45. The van der Waals surface area contributed by atoms with Crippen LogP contribution < -0.4 is 5.32 Å². The normalized spacial score (nSPS) is 13.2. The molecule has 1 atom stereocenters. The molecule has 1 heterocycles. The second-order valence-corrected chi connectivity index (χ2v) is 8.70. The summed E-state index contributed by atoms with van der Waals surface area (Å²) >= 11 is 5.99. The van der Waals surface area contributed by atoms with Crippen LogP contribution in [0.3, 0.4) is 0 Å². The van der Waals surface area contributed by atoms with Crippen molar-refractivity contribution in [3.05, 3.63) is 46.2 Å². The van der Waals surface area contributed by atoms with Crippen LogP contribution in [0.1, 0.15) is 23.0 Å². The number of amides is 1. The van der Waals surface area contributed by atoms with Gasteiger partial charge in [0, 0.05) is 20.3 Å². The van der Waals surface area contributed by atoms with E-state index in [4.69, 9.17) is 16.9 Å². The van der Waals surface area contributed by atoms with E-state index in [1.54, 1.807) is 0 Å². The number of benzene rings is 1. The molecule has 14 heteroatoms. The summed E-state index contributed by atoms with van der Waals surface area (Å²) in [5, 5.41) is 10.1. The summed E-state index contributed by atoms with van der Waals surface area (Å²) in [6, 6.07) is 0.464. The van der Waals surface area contributed by atoms with Gasteiger partial charge in [-0.25, -0.2) is 17.2 Å². The molecule has 0 fully saturated rings. The van der Waals surface area contributed by atoms with Crippen LogP contribution in [0.4, 0.5) is 27.6 Å². The Morgan fingerprint density at radius 2 is 1.90 bits per heavy atom. The number of halogens is 6. The van der Waals surface area contributed by atoms with E-state index in [1.807, 2.05) is 5.32 Å². The highest BCUT2D eigenvalue weighted by molar-refractivity contribution is 7.89. The molecule has 0 unspecified atom stereocenters. The lowest BCUT2D eigenvalue weighted by atomic mass is 10.2. The topological polar surface area (TPSA) is 95.2 Å². The van der Waals surface area contributed by atoms with Gasteiger partial charge < -0.3 is 9.88 Å². The van der Waals surface area contributed by atoms with Gasteiger partial charge in [-0.15, -0.1) is 0 Å². The number of nitriles is 1. The van der Waals surface area contributed by atoms with E-state index >= 15 is 0 Å². The highest BCUT2D eigenvalue weighted by Crippen LogP contribution is 2.33. The fourth-order valence-electron chi connectivity index (χ4n) is 2.51. The number of sulfonamides is 1. The summed E-state index contributed by atoms with van der Waals surface area (Å²) in [5.74, 6) is -3.67. The van der Waals surface area contributed by atoms with Crippen molar-refractivity contribution < 1.29 is 35.2 Å². The van der Waals surface area contributed by atoms with E-state index in [9.17, 15) is 35.2 Å². The minimum absolute atomic E-state index is 0.0503. The average Bonchev–Trinajstić information content (AvgIpc) is 2.97. The van der Waals surface area contributed by atoms with Gasteiger partial charge in [0.15, 0.2) is 5.82 Å². The molecule has 2 rings (SSSR count). The van der Waals surface area contributed by atoms with Crippen molar-refractivity contribution in [1.82, 2.24) is 8.87 Å². The van der Waals surface area contributed by atoms with E-state index in [-0.39, 0.29) is 4.31 Å². The summed E-state index contributed by atoms with van der Waals surface area (Å²) < 4.78 is 92.6. The highest BCUT2D eigenvalue weighted by atomic mass is 35.5. The zero-order valence-corrected chi connectivity index (χ0v) is 17.6. The van der Waals surface area contributed by atoms with Crippen LogP contribution in [-0.2, 0) is 17.1 Å². The zero-order chi connectivity index (χ0) is 23.9. The molecule has 1 N–H and O–H groups in total. The van der Waals surface area contributed by atoms with Crippen molar-refractivity contribution in [2.75, 3.05) is 12.4 Å². The maximum absolute atomic E-state index is 14.2. The molecule has 1 aromatic carbocycles. The van der Waals surface area contributed by atoms with Gasteiger partial charge >= 0.3 is 6.18 Å². The smallest absolute Gasteiger partial charge is 0.344 e. The van der Waals surface area contributed by atoms with Crippen molar-refractivity contribution >= 4 is 33.2 Å². The summed E-state index contributed by atoms with van der Waals surface area (Å²) in [7, 11) is -2.88. The number of carbonyl (C=O) groups is 1. The molecule has 2 aromatic rings. The molecule has 0 aliphatic carbocycles. The number of rotatable bonds is 5. The molecular weight excluding hydrogens is 471 g/mol. The third-order valence-electron chi connectivity index (χ3n) is 4.43. The number of anilines is 1. The first-order chi connectivity index (χ1) is 14.1. The van der Waals surface area contributed by atoms with Gasteiger partial charge in [-0.1, -0.05) is 11.6 Å². The molecule has 0 radical (unpaired) electrons. The van der Waals surface area contributed by atoms with Crippen molar-refractivity contribution in [1.29, 1.82) is 5.26 Å². The minimum atomic E-state index is -4.86. The van der Waals surface area contributed by atoms with Crippen LogP contribution in [0.15, 0.2) is 23.2 Å². The minimum Gasteiger partial charge on any atom is -0.344 e. The van der Waals surface area contributed by atoms with Crippen LogP contribution >= 0.6 is 11.6 Å². The van der Waals surface area contributed by atoms with Crippen molar-refractivity contribution in [2.45, 2.75) is 24.0 Å². The Balaban J connectivity index is 2.47. The maximum Gasteiger partial charge on any atom is 0.404 e. The quantitative estimate of drug-likeness (QED) is 0.655. The fraction of sp³-hybridized carbons (Fsp3) is 0.294. The molecule has 7 nitrogen and oxygen atoms in total. The molecule has 31 heavy (non-hydrogen) atoms. The molecule has 0 bridgehead atoms. The van der Waals surface area contributed by atoms with Crippen LogP contribution in [-0.4, -0.2) is 42.5 Å². The summed E-state index contributed by atoms with van der Waals surface area (Å²) in [5.41, 5.74) is -2.07. The number of hydrogen-bond donors (Lipinski definition) is 1. The van der Waals surface area contributed by atoms with E-state index < -0.39 is 66.6 Å². The van der Waals surface area contributed by atoms with Crippen molar-refractivity contribution in [3.8, 4) is 6.07 Å². The third kappa shape index (κ3) is 4.51. The number of hydrogen-bond acceptors (Lipinski definition) is 4. The largest absolute Gasteiger partial charge is 0.404 e. The number of aromatic nitrogens is 1. The summed E-state index contributed by atoms with van der Waals surface area (Å²) in [6.07, 6.45) is -4.03. The highest BCUT2D eigenvalue weighted by Gasteiger charge is 2.44. The Morgan fingerprint density at radius 3 is 2.42 bits per heavy atom. The lowest BCUT2D eigenvalue weighted by Gasteiger charge is -2.25. The molecule has 168 valence electrons. The first kappa shape index (κ1) is 24.6. The van der Waals surface area contributed by atoms with Gasteiger partial charge in [0.1, 0.15) is 34.1 Å². The first-order valence-corrected chi connectivity index (χ1v) is 10.0. The number of carbonyl (C=O) groups excluding carboxylic acids is 1. The molecule has 0 aliphatic heterocycles. The SMILES string of the molecule is C[C@@H](N(C)S(=O)(=O)c1cn(C)c(C(=O)Nc2ccc(F)c(C#N)c2F)c1Cl)C(F)(F)F. The van der Waals surface area contributed by atoms with Gasteiger partial charge in [-0.3, -0.25) is 4.79 Å². The monoisotopic (exact) mass is 484 g/mol.